The number of amides is 2. The van der Waals surface area contributed by atoms with Crippen LogP contribution in [0, 0.1) is 0 Å². The van der Waals surface area contributed by atoms with Gasteiger partial charge in [-0.1, -0.05) is 48.0 Å². The molecule has 0 aromatic heterocycles. The molecular weight excluding hydrogens is 272 g/mol. The lowest BCUT2D eigenvalue weighted by molar-refractivity contribution is 0.249. The molecule has 0 radical (unpaired) electrons. The van der Waals surface area contributed by atoms with E-state index in [2.05, 4.69) is 10.6 Å². The largest absolute Gasteiger partial charge is 0.335 e. The second kappa shape index (κ2) is 6.96. The average Bonchev–Trinajstić information content (AvgIpc) is 2.39. The predicted molar refractivity (Wildman–Crippen MR) is 83.2 cm³/mol. The normalized spacial score (nSPS) is 11.7. The molecule has 20 heavy (non-hydrogen) atoms. The standard InChI is InChI=1S/C16H17ClN2O/c1-12(10-13-6-3-2-4-7-13)18-16(20)19-15-9-5-8-14(17)11-15/h2-9,11-12H,10H2,1H3,(H2,18,19,20). The van der Waals surface area contributed by atoms with Gasteiger partial charge in [0.1, 0.15) is 0 Å². The number of hydrogen-bond acceptors (Lipinski definition) is 1. The highest BCUT2D eigenvalue weighted by Crippen LogP contribution is 2.14. The van der Waals surface area contributed by atoms with Gasteiger partial charge in [0.15, 0.2) is 0 Å². The van der Waals surface area contributed by atoms with E-state index in [9.17, 15) is 4.79 Å². The van der Waals surface area contributed by atoms with Crippen molar-refractivity contribution in [3.05, 3.63) is 65.2 Å². The van der Waals surface area contributed by atoms with Crippen LogP contribution in [0.1, 0.15) is 12.5 Å². The van der Waals surface area contributed by atoms with Crippen LogP contribution in [-0.2, 0) is 6.42 Å². The second-order valence-corrected chi connectivity index (χ2v) is 5.14. The molecule has 0 spiro atoms. The molecule has 2 amide bonds. The number of nitrogens with one attached hydrogen (secondary N) is 2. The van der Waals surface area contributed by atoms with Gasteiger partial charge in [-0.3, -0.25) is 0 Å². The van der Waals surface area contributed by atoms with Crippen molar-refractivity contribution >= 4 is 23.3 Å². The molecule has 2 rings (SSSR count). The van der Waals surface area contributed by atoms with E-state index in [-0.39, 0.29) is 12.1 Å². The summed E-state index contributed by atoms with van der Waals surface area (Å²) >= 11 is 5.87. The van der Waals surface area contributed by atoms with Crippen LogP contribution in [0.4, 0.5) is 10.5 Å². The Morgan fingerprint density at radius 3 is 2.60 bits per heavy atom. The third kappa shape index (κ3) is 4.59. The molecule has 2 N–H and O–H groups in total. The van der Waals surface area contributed by atoms with Gasteiger partial charge in [0.2, 0.25) is 0 Å². The molecule has 1 unspecified atom stereocenters. The molecule has 104 valence electrons. The minimum absolute atomic E-state index is 0.0524. The third-order valence-electron chi connectivity index (χ3n) is 2.84. The Morgan fingerprint density at radius 1 is 1.15 bits per heavy atom. The Labute approximate surface area is 124 Å². The summed E-state index contributed by atoms with van der Waals surface area (Å²) < 4.78 is 0. The van der Waals surface area contributed by atoms with Crippen LogP contribution in [0.3, 0.4) is 0 Å². The van der Waals surface area contributed by atoms with Gasteiger partial charge in [0.05, 0.1) is 0 Å². The van der Waals surface area contributed by atoms with Crippen LogP contribution in [0.2, 0.25) is 5.02 Å². The highest BCUT2D eigenvalue weighted by molar-refractivity contribution is 6.30. The lowest BCUT2D eigenvalue weighted by Gasteiger charge is -2.14. The van der Waals surface area contributed by atoms with E-state index < -0.39 is 0 Å². The minimum Gasteiger partial charge on any atom is -0.335 e. The molecule has 4 heteroatoms. The molecule has 2 aromatic carbocycles. The molecule has 0 bridgehead atoms. The first-order chi connectivity index (χ1) is 9.63. The van der Waals surface area contributed by atoms with Crippen molar-refractivity contribution in [1.82, 2.24) is 5.32 Å². The van der Waals surface area contributed by atoms with Gasteiger partial charge in [-0.2, -0.15) is 0 Å². The molecule has 0 saturated carbocycles. The molecular formula is C16H17ClN2O. The smallest absolute Gasteiger partial charge is 0.319 e. The van der Waals surface area contributed by atoms with E-state index in [1.807, 2.05) is 37.3 Å². The summed E-state index contributed by atoms with van der Waals surface area (Å²) in [6, 6.07) is 17.0. The molecule has 0 fully saturated rings. The van der Waals surface area contributed by atoms with E-state index in [4.69, 9.17) is 11.6 Å². The molecule has 0 heterocycles. The van der Waals surface area contributed by atoms with Crippen molar-refractivity contribution in [2.45, 2.75) is 19.4 Å². The predicted octanol–water partition coefficient (Wildman–Crippen LogP) is 4.09. The topological polar surface area (TPSA) is 41.1 Å². The summed E-state index contributed by atoms with van der Waals surface area (Å²) in [7, 11) is 0. The summed E-state index contributed by atoms with van der Waals surface area (Å²) in [5.41, 5.74) is 1.88. The fourth-order valence-electron chi connectivity index (χ4n) is 1.98. The third-order valence-corrected chi connectivity index (χ3v) is 3.08. The summed E-state index contributed by atoms with van der Waals surface area (Å²) in [4.78, 5) is 11.9. The van der Waals surface area contributed by atoms with Crippen molar-refractivity contribution in [3.63, 3.8) is 0 Å². The summed E-state index contributed by atoms with van der Waals surface area (Å²) in [6.45, 7) is 1.98. The first-order valence-electron chi connectivity index (χ1n) is 6.50. The maximum Gasteiger partial charge on any atom is 0.319 e. The van der Waals surface area contributed by atoms with Gasteiger partial charge in [0.25, 0.3) is 0 Å². The van der Waals surface area contributed by atoms with Crippen LogP contribution in [-0.4, -0.2) is 12.1 Å². The van der Waals surface area contributed by atoms with Crippen molar-refractivity contribution in [2.75, 3.05) is 5.32 Å². The second-order valence-electron chi connectivity index (χ2n) is 4.70. The van der Waals surface area contributed by atoms with Gasteiger partial charge in [-0.15, -0.1) is 0 Å². The van der Waals surface area contributed by atoms with Crippen LogP contribution in [0.25, 0.3) is 0 Å². The van der Waals surface area contributed by atoms with E-state index in [0.717, 1.165) is 6.42 Å². The number of urea groups is 1. The van der Waals surface area contributed by atoms with E-state index in [0.29, 0.717) is 10.7 Å². The Morgan fingerprint density at radius 2 is 1.90 bits per heavy atom. The SMILES string of the molecule is CC(Cc1ccccc1)NC(=O)Nc1cccc(Cl)c1. The fraction of sp³-hybridized carbons (Fsp3) is 0.188. The molecule has 0 aliphatic heterocycles. The van der Waals surface area contributed by atoms with Gasteiger partial charge in [0, 0.05) is 16.8 Å². The Hall–Kier alpha value is -2.00. The number of anilines is 1. The fourth-order valence-corrected chi connectivity index (χ4v) is 2.17. The molecule has 3 nitrogen and oxygen atoms in total. The minimum atomic E-state index is -0.226. The molecule has 1 atom stereocenters. The quantitative estimate of drug-likeness (QED) is 0.874. The molecule has 0 saturated heterocycles. The van der Waals surface area contributed by atoms with Crippen molar-refractivity contribution < 1.29 is 4.79 Å². The number of halogens is 1. The zero-order valence-electron chi connectivity index (χ0n) is 11.3. The lowest BCUT2D eigenvalue weighted by Crippen LogP contribution is -2.37. The van der Waals surface area contributed by atoms with E-state index in [1.54, 1.807) is 24.3 Å². The van der Waals surface area contributed by atoms with Gasteiger partial charge in [-0.05, 0) is 37.1 Å². The first-order valence-corrected chi connectivity index (χ1v) is 6.88. The number of hydrogen-bond donors (Lipinski definition) is 2. The van der Waals surface area contributed by atoms with Crippen LogP contribution in [0.5, 0.6) is 0 Å². The number of rotatable bonds is 4. The van der Waals surface area contributed by atoms with E-state index >= 15 is 0 Å². The number of carbonyl (C=O) groups is 1. The van der Waals surface area contributed by atoms with Gasteiger partial charge in [-0.25, -0.2) is 4.79 Å². The van der Waals surface area contributed by atoms with Gasteiger partial charge < -0.3 is 10.6 Å². The number of benzene rings is 2. The Balaban J connectivity index is 1.85. The summed E-state index contributed by atoms with van der Waals surface area (Å²) in [5, 5.41) is 6.27. The number of carbonyl (C=O) groups excluding carboxylic acids is 1. The van der Waals surface area contributed by atoms with Crippen LogP contribution >= 0.6 is 11.6 Å². The zero-order valence-corrected chi connectivity index (χ0v) is 12.0. The van der Waals surface area contributed by atoms with E-state index in [1.165, 1.54) is 5.56 Å². The average molecular weight is 289 g/mol. The highest BCUT2D eigenvalue weighted by atomic mass is 35.5. The Kier molecular flexibility index (Phi) is 5.02. The molecule has 0 aliphatic rings. The lowest BCUT2D eigenvalue weighted by atomic mass is 10.1. The maximum absolute atomic E-state index is 11.9. The Bertz CT molecular complexity index is 572. The van der Waals surface area contributed by atoms with Crippen LogP contribution < -0.4 is 10.6 Å². The maximum atomic E-state index is 11.9. The monoisotopic (exact) mass is 288 g/mol. The zero-order chi connectivity index (χ0) is 14.4. The van der Waals surface area contributed by atoms with Gasteiger partial charge >= 0.3 is 6.03 Å². The van der Waals surface area contributed by atoms with Crippen molar-refractivity contribution in [2.24, 2.45) is 0 Å². The first kappa shape index (κ1) is 14.4. The highest BCUT2D eigenvalue weighted by Gasteiger charge is 2.08. The molecule has 2 aromatic rings. The molecule has 0 aliphatic carbocycles. The van der Waals surface area contributed by atoms with Crippen molar-refractivity contribution in [1.29, 1.82) is 0 Å². The summed E-state index contributed by atoms with van der Waals surface area (Å²) in [6.07, 6.45) is 0.795. The van der Waals surface area contributed by atoms with Crippen LogP contribution in [0.15, 0.2) is 54.6 Å². The van der Waals surface area contributed by atoms with Crippen molar-refractivity contribution in [3.8, 4) is 0 Å². The summed E-state index contributed by atoms with van der Waals surface area (Å²) in [5.74, 6) is 0.